The Bertz CT molecular complexity index is 442. The summed E-state index contributed by atoms with van der Waals surface area (Å²) in [7, 11) is 0. The molecule has 1 unspecified atom stereocenters. The largest absolute Gasteiger partial charge is 0.494 e. The highest BCUT2D eigenvalue weighted by molar-refractivity contribution is 8.03. The van der Waals surface area contributed by atoms with Crippen LogP contribution in [0.4, 0.5) is 0 Å². The number of halogens is 1. The van der Waals surface area contributed by atoms with Crippen molar-refractivity contribution in [3.05, 3.63) is 28.3 Å². The third-order valence-electron chi connectivity index (χ3n) is 2.84. The molecule has 0 radical (unpaired) electrons. The Morgan fingerprint density at radius 1 is 1.50 bits per heavy atom. The molecule has 1 rings (SSSR count). The minimum absolute atomic E-state index is 0.338. The predicted molar refractivity (Wildman–Crippen MR) is 78.5 cm³/mol. The molecule has 98 valence electrons. The maximum Gasteiger partial charge on any atom is 0.133 e. The first kappa shape index (κ1) is 15.2. The van der Waals surface area contributed by atoms with Crippen LogP contribution in [-0.2, 0) is 0 Å². The van der Waals surface area contributed by atoms with E-state index in [1.54, 1.807) is 0 Å². The molecule has 0 aliphatic rings. The Balaban J connectivity index is 2.91. The van der Waals surface area contributed by atoms with Crippen LogP contribution in [0.1, 0.15) is 37.3 Å². The van der Waals surface area contributed by atoms with Crippen LogP contribution in [-0.4, -0.2) is 12.4 Å². The number of hydrogen-bond donors (Lipinski definition) is 0. The van der Waals surface area contributed by atoms with E-state index in [2.05, 4.69) is 12.3 Å². The molecule has 2 nitrogen and oxygen atoms in total. The smallest absolute Gasteiger partial charge is 0.133 e. The van der Waals surface area contributed by atoms with Gasteiger partial charge in [-0.2, -0.15) is 5.26 Å². The van der Waals surface area contributed by atoms with Gasteiger partial charge in [-0.15, -0.1) is 0 Å². The lowest BCUT2D eigenvalue weighted by molar-refractivity contribution is 0.334. The van der Waals surface area contributed by atoms with E-state index in [-0.39, 0.29) is 0 Å². The Labute approximate surface area is 118 Å². The second-order valence-electron chi connectivity index (χ2n) is 4.20. The maximum absolute atomic E-state index is 8.54. The normalized spacial score (nSPS) is 11.9. The molecule has 0 N–H and O–H groups in total. The van der Waals surface area contributed by atoms with Crippen molar-refractivity contribution in [1.29, 1.82) is 5.26 Å². The van der Waals surface area contributed by atoms with Crippen LogP contribution in [0.25, 0.3) is 0 Å². The minimum atomic E-state index is 0.338. The second-order valence-corrected chi connectivity index (χ2v) is 5.49. The van der Waals surface area contributed by atoms with Crippen molar-refractivity contribution in [2.75, 3.05) is 12.4 Å². The zero-order chi connectivity index (χ0) is 13.5. The first-order valence-electron chi connectivity index (χ1n) is 6.03. The zero-order valence-corrected chi connectivity index (χ0v) is 12.6. The summed E-state index contributed by atoms with van der Waals surface area (Å²) in [5, 5.41) is 11.4. The quantitative estimate of drug-likeness (QED) is 0.558. The van der Waals surface area contributed by atoms with Gasteiger partial charge in [-0.25, -0.2) is 0 Å². The number of benzene rings is 1. The van der Waals surface area contributed by atoms with Gasteiger partial charge in [-0.1, -0.05) is 18.5 Å². The third kappa shape index (κ3) is 4.12. The van der Waals surface area contributed by atoms with Gasteiger partial charge in [0.15, 0.2) is 0 Å². The van der Waals surface area contributed by atoms with Gasteiger partial charge in [-0.3, -0.25) is 0 Å². The number of nitriles is 1. The van der Waals surface area contributed by atoms with Crippen LogP contribution in [0.2, 0.25) is 5.02 Å². The molecular formula is C14H18ClNOS. The lowest BCUT2D eigenvalue weighted by atomic mass is 9.96. The topological polar surface area (TPSA) is 33.0 Å². The van der Waals surface area contributed by atoms with E-state index in [9.17, 15) is 0 Å². The number of nitrogens with zero attached hydrogens (tertiary/aromatic N) is 1. The van der Waals surface area contributed by atoms with Crippen molar-refractivity contribution in [2.45, 2.75) is 33.1 Å². The van der Waals surface area contributed by atoms with E-state index in [4.69, 9.17) is 21.6 Å². The number of thioether (sulfide) groups is 1. The van der Waals surface area contributed by atoms with Gasteiger partial charge in [0.05, 0.1) is 6.61 Å². The molecule has 4 heteroatoms. The number of rotatable bonds is 6. The average Bonchev–Trinajstić information content (AvgIpc) is 2.34. The van der Waals surface area contributed by atoms with Gasteiger partial charge in [0, 0.05) is 10.8 Å². The van der Waals surface area contributed by atoms with Crippen LogP contribution >= 0.6 is 23.4 Å². The molecule has 0 saturated heterocycles. The molecule has 0 aliphatic heterocycles. The molecule has 1 atom stereocenters. The maximum atomic E-state index is 8.54. The molecule has 0 amide bonds. The van der Waals surface area contributed by atoms with Gasteiger partial charge >= 0.3 is 0 Å². The number of aryl methyl sites for hydroxylation is 1. The van der Waals surface area contributed by atoms with E-state index in [0.717, 1.165) is 34.1 Å². The summed E-state index contributed by atoms with van der Waals surface area (Å²) in [5.74, 6) is 2.08. The first-order valence-corrected chi connectivity index (χ1v) is 7.40. The van der Waals surface area contributed by atoms with Crippen molar-refractivity contribution in [1.82, 2.24) is 0 Å². The van der Waals surface area contributed by atoms with E-state index in [1.165, 1.54) is 11.8 Å². The molecular weight excluding hydrogens is 266 g/mol. The van der Waals surface area contributed by atoms with Crippen molar-refractivity contribution in [3.63, 3.8) is 0 Å². The minimum Gasteiger partial charge on any atom is -0.494 e. The van der Waals surface area contributed by atoms with Crippen molar-refractivity contribution in [2.24, 2.45) is 0 Å². The standard InChI is InChI=1S/C14H18ClNOS/c1-4-17-14-7-11(3)13(15)8-12(14)10(2)5-6-18-9-16/h7-8,10H,4-6H2,1-3H3. The van der Waals surface area contributed by atoms with Crippen molar-refractivity contribution >= 4 is 23.4 Å². The molecule has 0 aliphatic carbocycles. The Kier molecular flexibility index (Phi) is 6.38. The lowest BCUT2D eigenvalue weighted by Gasteiger charge is -2.17. The van der Waals surface area contributed by atoms with Gasteiger partial charge in [-0.05, 0) is 61.2 Å². The molecule has 1 aromatic rings. The lowest BCUT2D eigenvalue weighted by Crippen LogP contribution is -2.02. The van der Waals surface area contributed by atoms with Crippen LogP contribution in [0, 0.1) is 17.6 Å². The molecule has 0 spiro atoms. The van der Waals surface area contributed by atoms with Gasteiger partial charge in [0.25, 0.3) is 0 Å². The van der Waals surface area contributed by atoms with Gasteiger partial charge < -0.3 is 4.74 Å². The molecule has 18 heavy (non-hydrogen) atoms. The van der Waals surface area contributed by atoms with E-state index in [0.29, 0.717) is 12.5 Å². The van der Waals surface area contributed by atoms with E-state index < -0.39 is 0 Å². The van der Waals surface area contributed by atoms with Gasteiger partial charge in [0.2, 0.25) is 0 Å². The van der Waals surface area contributed by atoms with E-state index >= 15 is 0 Å². The molecule has 0 fully saturated rings. The highest BCUT2D eigenvalue weighted by atomic mass is 35.5. The first-order chi connectivity index (χ1) is 8.60. The molecule has 0 aromatic heterocycles. The fraction of sp³-hybridized carbons (Fsp3) is 0.500. The summed E-state index contributed by atoms with van der Waals surface area (Å²) in [6.07, 6.45) is 0.942. The second kappa shape index (κ2) is 7.56. The van der Waals surface area contributed by atoms with Crippen LogP contribution in [0.5, 0.6) is 5.75 Å². The summed E-state index contributed by atoms with van der Waals surface area (Å²) in [6.45, 7) is 6.74. The monoisotopic (exact) mass is 283 g/mol. The highest BCUT2D eigenvalue weighted by Crippen LogP contribution is 2.34. The predicted octanol–water partition coefficient (Wildman–Crippen LogP) is 4.76. The third-order valence-corrected chi connectivity index (χ3v) is 3.82. The SMILES string of the molecule is CCOc1cc(C)c(Cl)cc1C(C)CCSC#N. The summed E-state index contributed by atoms with van der Waals surface area (Å²) in [6, 6.07) is 3.98. The summed E-state index contributed by atoms with van der Waals surface area (Å²) in [4.78, 5) is 0. The van der Waals surface area contributed by atoms with Crippen molar-refractivity contribution in [3.8, 4) is 11.2 Å². The summed E-state index contributed by atoms with van der Waals surface area (Å²) >= 11 is 7.47. The number of hydrogen-bond acceptors (Lipinski definition) is 3. The Morgan fingerprint density at radius 3 is 2.83 bits per heavy atom. The number of thiocyanates is 1. The van der Waals surface area contributed by atoms with E-state index in [1.807, 2.05) is 26.0 Å². The zero-order valence-electron chi connectivity index (χ0n) is 11.0. The average molecular weight is 284 g/mol. The van der Waals surface area contributed by atoms with Crippen LogP contribution in [0.15, 0.2) is 12.1 Å². The molecule has 0 bridgehead atoms. The fourth-order valence-electron chi connectivity index (χ4n) is 1.77. The fourth-order valence-corrected chi connectivity index (χ4v) is 2.51. The summed E-state index contributed by atoms with van der Waals surface area (Å²) < 4.78 is 5.67. The molecule has 0 heterocycles. The molecule has 0 saturated carbocycles. The molecule has 1 aromatic carbocycles. The highest BCUT2D eigenvalue weighted by Gasteiger charge is 2.14. The Hall–Kier alpha value is -0.850. The number of ether oxygens (including phenoxy) is 1. The van der Waals surface area contributed by atoms with Crippen molar-refractivity contribution < 1.29 is 4.74 Å². The summed E-state index contributed by atoms with van der Waals surface area (Å²) in [5.41, 5.74) is 2.16. The van der Waals surface area contributed by atoms with Crippen LogP contribution < -0.4 is 4.74 Å². The Morgan fingerprint density at radius 2 is 2.22 bits per heavy atom. The van der Waals surface area contributed by atoms with Crippen LogP contribution in [0.3, 0.4) is 0 Å². The van der Waals surface area contributed by atoms with Gasteiger partial charge in [0.1, 0.15) is 11.2 Å².